The van der Waals surface area contributed by atoms with Crippen molar-refractivity contribution in [3.05, 3.63) is 35.4 Å². The molecule has 17 heavy (non-hydrogen) atoms. The molecule has 1 aromatic carbocycles. The maximum absolute atomic E-state index is 9.31. The van der Waals surface area contributed by atoms with Crippen molar-refractivity contribution in [1.29, 1.82) is 0 Å². The number of rotatable bonds is 3. The number of hydrogen-bond donors (Lipinski definition) is 1. The molecule has 3 heteroatoms. The quantitative estimate of drug-likeness (QED) is 0.869. The van der Waals surface area contributed by atoms with Gasteiger partial charge in [0.05, 0.1) is 12.6 Å². The molecular weight excluding hydrogens is 214 g/mol. The maximum Gasteiger partial charge on any atom is 0.216 e. The van der Waals surface area contributed by atoms with Crippen LogP contribution in [0.2, 0.25) is 0 Å². The second-order valence-electron chi connectivity index (χ2n) is 5.21. The van der Waals surface area contributed by atoms with Gasteiger partial charge in [0.25, 0.3) is 0 Å². The highest BCUT2D eigenvalue weighted by Crippen LogP contribution is 2.23. The van der Waals surface area contributed by atoms with Gasteiger partial charge in [-0.05, 0) is 24.6 Å². The van der Waals surface area contributed by atoms with Gasteiger partial charge in [0.2, 0.25) is 5.90 Å². The minimum absolute atomic E-state index is 0.140. The summed E-state index contributed by atoms with van der Waals surface area (Å²) in [6.45, 7) is 6.89. The Balaban J connectivity index is 2.22. The fraction of sp³-hybridized carbons (Fsp3) is 0.500. The summed E-state index contributed by atoms with van der Waals surface area (Å²) in [6.07, 6.45) is 0. The van der Waals surface area contributed by atoms with E-state index >= 15 is 0 Å². The number of benzene rings is 1. The van der Waals surface area contributed by atoms with Gasteiger partial charge in [-0.1, -0.05) is 26.0 Å². The molecule has 0 saturated carbocycles. The Morgan fingerprint density at radius 2 is 2.00 bits per heavy atom. The average molecular weight is 233 g/mol. The molecular formula is C14H19NO2. The number of aliphatic hydroxyl groups is 1. The highest BCUT2D eigenvalue weighted by atomic mass is 16.5. The van der Waals surface area contributed by atoms with Crippen molar-refractivity contribution in [2.75, 3.05) is 13.2 Å². The molecule has 0 aromatic heterocycles. The number of aliphatic imine (C=N–C) groups is 1. The van der Waals surface area contributed by atoms with Gasteiger partial charge >= 0.3 is 0 Å². The summed E-state index contributed by atoms with van der Waals surface area (Å²) in [5.74, 6) is 0.728. The number of hydrogen-bond acceptors (Lipinski definition) is 3. The summed E-state index contributed by atoms with van der Waals surface area (Å²) in [5.41, 5.74) is 1.92. The molecule has 0 aliphatic carbocycles. The zero-order valence-electron chi connectivity index (χ0n) is 10.6. The molecule has 1 aliphatic heterocycles. The van der Waals surface area contributed by atoms with Gasteiger partial charge in [0.15, 0.2) is 0 Å². The highest BCUT2D eigenvalue weighted by Gasteiger charge is 2.20. The molecule has 0 fully saturated rings. The van der Waals surface area contributed by atoms with E-state index in [2.05, 4.69) is 4.99 Å². The second-order valence-corrected chi connectivity index (χ2v) is 5.21. The van der Waals surface area contributed by atoms with Crippen LogP contribution in [0.4, 0.5) is 0 Å². The fourth-order valence-corrected chi connectivity index (χ4v) is 1.79. The molecule has 1 aliphatic rings. The lowest BCUT2D eigenvalue weighted by atomic mass is 9.85. The lowest BCUT2D eigenvalue weighted by molar-refractivity contribution is 0.218. The van der Waals surface area contributed by atoms with Crippen molar-refractivity contribution in [1.82, 2.24) is 0 Å². The van der Waals surface area contributed by atoms with Crippen LogP contribution >= 0.6 is 0 Å². The van der Waals surface area contributed by atoms with Crippen molar-refractivity contribution in [3.63, 3.8) is 0 Å². The molecule has 2 rings (SSSR count). The van der Waals surface area contributed by atoms with Gasteiger partial charge in [-0.15, -0.1) is 0 Å². The van der Waals surface area contributed by atoms with E-state index in [1.54, 1.807) is 0 Å². The predicted octanol–water partition coefficient (Wildman–Crippen LogP) is 2.12. The van der Waals surface area contributed by atoms with Crippen LogP contribution in [0.1, 0.15) is 31.9 Å². The summed E-state index contributed by atoms with van der Waals surface area (Å²) >= 11 is 0. The van der Waals surface area contributed by atoms with Crippen LogP contribution in [0.5, 0.6) is 0 Å². The molecule has 1 aromatic rings. The molecule has 1 N–H and O–H groups in total. The number of ether oxygens (including phenoxy) is 1. The summed E-state index contributed by atoms with van der Waals surface area (Å²) in [5, 5.41) is 9.31. The minimum atomic E-state index is -0.204. The first-order valence-electron chi connectivity index (χ1n) is 5.95. The third-order valence-electron chi connectivity index (χ3n) is 3.11. The van der Waals surface area contributed by atoms with E-state index in [-0.39, 0.29) is 18.1 Å². The monoisotopic (exact) mass is 233 g/mol. The summed E-state index contributed by atoms with van der Waals surface area (Å²) < 4.78 is 5.50. The zero-order valence-corrected chi connectivity index (χ0v) is 10.6. The lowest BCUT2D eigenvalue weighted by Gasteiger charge is -2.22. The predicted molar refractivity (Wildman–Crippen MR) is 68.5 cm³/mol. The molecule has 0 amide bonds. The third kappa shape index (κ3) is 2.50. The molecule has 1 unspecified atom stereocenters. The van der Waals surface area contributed by atoms with Gasteiger partial charge in [-0.25, -0.2) is 4.99 Å². The van der Waals surface area contributed by atoms with E-state index in [9.17, 15) is 5.11 Å². The van der Waals surface area contributed by atoms with Crippen LogP contribution in [0, 0.1) is 0 Å². The topological polar surface area (TPSA) is 41.8 Å². The summed E-state index contributed by atoms with van der Waals surface area (Å²) in [7, 11) is 0. The molecule has 92 valence electrons. The van der Waals surface area contributed by atoms with E-state index in [4.69, 9.17) is 4.74 Å². The maximum atomic E-state index is 9.31. The molecule has 0 saturated heterocycles. The van der Waals surface area contributed by atoms with Gasteiger partial charge in [-0.3, -0.25) is 0 Å². The normalized spacial score (nSPS) is 20.0. The SMILES string of the molecule is CC1COC(c2ccc(C(C)(C)CO)cc2)=N1. The van der Waals surface area contributed by atoms with Crippen molar-refractivity contribution in [2.45, 2.75) is 32.2 Å². The minimum Gasteiger partial charge on any atom is -0.475 e. The van der Waals surface area contributed by atoms with Gasteiger partial charge in [0, 0.05) is 11.0 Å². The first-order chi connectivity index (χ1) is 8.03. The third-order valence-corrected chi connectivity index (χ3v) is 3.11. The summed E-state index contributed by atoms with van der Waals surface area (Å²) in [4.78, 5) is 4.42. The molecule has 0 spiro atoms. The van der Waals surface area contributed by atoms with Crippen LogP contribution in [-0.4, -0.2) is 30.3 Å². The fourth-order valence-electron chi connectivity index (χ4n) is 1.79. The van der Waals surface area contributed by atoms with Crippen LogP contribution < -0.4 is 0 Å². The Hall–Kier alpha value is -1.35. The van der Waals surface area contributed by atoms with E-state index in [0.29, 0.717) is 6.61 Å². The molecule has 1 atom stereocenters. The van der Waals surface area contributed by atoms with E-state index < -0.39 is 0 Å². The van der Waals surface area contributed by atoms with Crippen LogP contribution in [0.3, 0.4) is 0 Å². The molecule has 0 radical (unpaired) electrons. The Morgan fingerprint density at radius 1 is 1.35 bits per heavy atom. The standard InChI is InChI=1S/C14H19NO2/c1-10-8-17-13(15-10)11-4-6-12(7-5-11)14(2,3)9-16/h4-7,10,16H,8-9H2,1-3H3. The molecule has 0 bridgehead atoms. The number of aliphatic hydroxyl groups excluding tert-OH is 1. The first-order valence-corrected chi connectivity index (χ1v) is 5.95. The zero-order chi connectivity index (χ0) is 12.5. The van der Waals surface area contributed by atoms with Gasteiger partial charge in [0.1, 0.15) is 6.61 Å². The Kier molecular flexibility index (Phi) is 3.20. The van der Waals surface area contributed by atoms with E-state index in [1.807, 2.05) is 45.0 Å². The van der Waals surface area contributed by atoms with Gasteiger partial charge in [-0.2, -0.15) is 0 Å². The first kappa shape index (κ1) is 12.1. The number of nitrogens with zero attached hydrogens (tertiary/aromatic N) is 1. The van der Waals surface area contributed by atoms with Crippen molar-refractivity contribution in [2.24, 2.45) is 4.99 Å². The second kappa shape index (κ2) is 4.49. The largest absolute Gasteiger partial charge is 0.475 e. The van der Waals surface area contributed by atoms with Crippen LogP contribution in [-0.2, 0) is 10.2 Å². The lowest BCUT2D eigenvalue weighted by Crippen LogP contribution is -2.22. The summed E-state index contributed by atoms with van der Waals surface area (Å²) in [6, 6.07) is 8.31. The molecule has 1 heterocycles. The van der Waals surface area contributed by atoms with Crippen LogP contribution in [0.25, 0.3) is 0 Å². The Labute approximate surface area is 102 Å². The highest BCUT2D eigenvalue weighted by molar-refractivity contribution is 5.95. The Morgan fingerprint density at radius 3 is 2.47 bits per heavy atom. The van der Waals surface area contributed by atoms with Crippen LogP contribution in [0.15, 0.2) is 29.3 Å². The average Bonchev–Trinajstić information content (AvgIpc) is 2.76. The van der Waals surface area contributed by atoms with E-state index in [1.165, 1.54) is 0 Å². The van der Waals surface area contributed by atoms with Crippen molar-refractivity contribution >= 4 is 5.90 Å². The van der Waals surface area contributed by atoms with Crippen molar-refractivity contribution < 1.29 is 9.84 Å². The van der Waals surface area contributed by atoms with E-state index in [0.717, 1.165) is 17.0 Å². The smallest absolute Gasteiger partial charge is 0.216 e. The van der Waals surface area contributed by atoms with Gasteiger partial charge < -0.3 is 9.84 Å². The Bertz CT molecular complexity index is 420. The van der Waals surface area contributed by atoms with Crippen molar-refractivity contribution in [3.8, 4) is 0 Å². The molecule has 3 nitrogen and oxygen atoms in total.